The second kappa shape index (κ2) is 30.4. The van der Waals surface area contributed by atoms with Gasteiger partial charge in [-0.25, -0.2) is 0 Å². The minimum absolute atomic E-state index is 0.00637. The van der Waals surface area contributed by atoms with E-state index >= 15 is 0 Å². The van der Waals surface area contributed by atoms with Crippen molar-refractivity contribution in [2.24, 2.45) is 5.92 Å². The maximum Gasteiger partial charge on any atom is 0.305 e. The van der Waals surface area contributed by atoms with Crippen LogP contribution in [0.4, 0.5) is 0 Å². The average molecular weight is 668 g/mol. The molecule has 2 N–H and O–H groups in total. The van der Waals surface area contributed by atoms with E-state index in [0.717, 1.165) is 103 Å². The zero-order chi connectivity index (χ0) is 34.4. The molecule has 1 fully saturated rings. The van der Waals surface area contributed by atoms with E-state index in [-0.39, 0.29) is 30.4 Å². The van der Waals surface area contributed by atoms with E-state index in [4.69, 9.17) is 9.47 Å². The van der Waals surface area contributed by atoms with Gasteiger partial charge in [0.25, 0.3) is 0 Å². The molecular weight excluding hydrogens is 594 g/mol. The Morgan fingerprint density at radius 2 is 1.23 bits per heavy atom. The molecule has 1 aliphatic rings. The smallest absolute Gasteiger partial charge is 0.305 e. The number of nitrogens with zero attached hydrogens (tertiary/aromatic N) is 2. The van der Waals surface area contributed by atoms with Crippen LogP contribution in [0.5, 0.6) is 0 Å². The molecule has 0 saturated heterocycles. The van der Waals surface area contributed by atoms with Gasteiger partial charge in [-0.15, -0.1) is 0 Å². The fourth-order valence-corrected chi connectivity index (χ4v) is 6.17. The Bertz CT molecular complexity index is 749. The molecule has 47 heavy (non-hydrogen) atoms. The zero-order valence-corrected chi connectivity index (χ0v) is 30.8. The Labute approximate surface area is 288 Å². The highest BCUT2D eigenvalue weighted by molar-refractivity contribution is 5.75. The zero-order valence-electron chi connectivity index (χ0n) is 30.8. The Morgan fingerprint density at radius 3 is 1.77 bits per heavy atom. The lowest BCUT2D eigenvalue weighted by molar-refractivity contribution is -0.149. The highest BCUT2D eigenvalue weighted by atomic mass is 16.5. The molecule has 1 saturated carbocycles. The number of hydrogen-bond donors (Lipinski definition) is 2. The summed E-state index contributed by atoms with van der Waals surface area (Å²) in [4.78, 5) is 41.3. The van der Waals surface area contributed by atoms with Gasteiger partial charge in [-0.2, -0.15) is 0 Å². The maximum atomic E-state index is 12.4. The van der Waals surface area contributed by atoms with Crippen LogP contribution in [0.2, 0.25) is 0 Å². The summed E-state index contributed by atoms with van der Waals surface area (Å²) in [5.74, 6) is -0.169. The Morgan fingerprint density at radius 1 is 0.681 bits per heavy atom. The predicted octanol–water partition coefficient (Wildman–Crippen LogP) is 7.04. The predicted molar refractivity (Wildman–Crippen MR) is 191 cm³/mol. The summed E-state index contributed by atoms with van der Waals surface area (Å²) >= 11 is 0. The molecule has 0 heterocycles. The molecule has 0 aromatic carbocycles. The van der Waals surface area contributed by atoms with Crippen molar-refractivity contribution >= 4 is 17.8 Å². The van der Waals surface area contributed by atoms with Crippen LogP contribution in [-0.4, -0.2) is 98.4 Å². The van der Waals surface area contributed by atoms with Gasteiger partial charge in [0.15, 0.2) is 0 Å². The van der Waals surface area contributed by atoms with E-state index in [1.807, 2.05) is 0 Å². The Hall–Kier alpha value is -1.71. The van der Waals surface area contributed by atoms with Crippen molar-refractivity contribution < 1.29 is 29.0 Å². The topological polar surface area (TPSA) is 108 Å². The first-order valence-electron chi connectivity index (χ1n) is 19.5. The molecule has 1 aliphatic carbocycles. The first-order chi connectivity index (χ1) is 22.9. The number of aliphatic hydroxyl groups is 1. The monoisotopic (exact) mass is 668 g/mol. The molecule has 0 aromatic heterocycles. The number of aliphatic hydroxyl groups excluding tert-OH is 1. The summed E-state index contributed by atoms with van der Waals surface area (Å²) in [6.45, 7) is 9.71. The number of carbonyl (C=O) groups excluding carboxylic acids is 3. The third kappa shape index (κ3) is 24.1. The number of amides is 1. The van der Waals surface area contributed by atoms with Crippen molar-refractivity contribution in [1.29, 1.82) is 0 Å². The van der Waals surface area contributed by atoms with Crippen LogP contribution >= 0.6 is 0 Å². The molecule has 9 heteroatoms. The lowest BCUT2D eigenvalue weighted by Gasteiger charge is -2.39. The third-order valence-corrected chi connectivity index (χ3v) is 9.60. The summed E-state index contributed by atoms with van der Waals surface area (Å²) in [6, 6.07) is 0.670. The highest BCUT2D eigenvalue weighted by Gasteiger charge is 2.25. The molecule has 0 aliphatic heterocycles. The van der Waals surface area contributed by atoms with Gasteiger partial charge < -0.3 is 19.9 Å². The van der Waals surface area contributed by atoms with Crippen molar-refractivity contribution in [1.82, 2.24) is 15.1 Å². The minimum Gasteiger partial charge on any atom is -0.465 e. The van der Waals surface area contributed by atoms with Crippen LogP contribution in [0.3, 0.4) is 0 Å². The standard InChI is InChI=1S/C38H73N3O6/c1-4-6-8-10-14-24-37(44)46-32-34(33-47-38(45)25-15-11-9-7-5-2)20-16-18-26-40(30-31-42)28-29-41(35-21-19-22-35)27-17-12-13-23-36(43)39-3/h34-35,42H,4-33H2,1-3H3,(H,39,43). The van der Waals surface area contributed by atoms with Crippen molar-refractivity contribution in [2.75, 3.05) is 59.6 Å². The fourth-order valence-electron chi connectivity index (χ4n) is 6.17. The number of unbranched alkanes of at least 4 members (excludes halogenated alkanes) is 11. The molecule has 1 rings (SSSR count). The SMILES string of the molecule is CCCCCCCC(=O)OCC(CCCCN(CCO)CCN(CCCCCC(=O)NC)C1CCC1)COC(=O)CCCCCCC. The third-order valence-electron chi connectivity index (χ3n) is 9.60. The molecule has 9 nitrogen and oxygen atoms in total. The van der Waals surface area contributed by atoms with Crippen molar-refractivity contribution in [3.05, 3.63) is 0 Å². The van der Waals surface area contributed by atoms with Gasteiger partial charge >= 0.3 is 11.9 Å². The molecule has 0 radical (unpaired) electrons. The van der Waals surface area contributed by atoms with Gasteiger partial charge in [0.1, 0.15) is 0 Å². The van der Waals surface area contributed by atoms with Gasteiger partial charge in [0.2, 0.25) is 5.91 Å². The number of hydrogen-bond acceptors (Lipinski definition) is 8. The number of carbonyl (C=O) groups is 3. The summed E-state index contributed by atoms with van der Waals surface area (Å²) in [7, 11) is 1.69. The van der Waals surface area contributed by atoms with Gasteiger partial charge in [0.05, 0.1) is 19.8 Å². The molecular formula is C38H73N3O6. The van der Waals surface area contributed by atoms with Gasteiger partial charge in [-0.1, -0.05) is 84.5 Å². The van der Waals surface area contributed by atoms with Gasteiger partial charge in [-0.3, -0.25) is 24.2 Å². The second-order valence-corrected chi connectivity index (χ2v) is 13.7. The maximum absolute atomic E-state index is 12.4. The summed E-state index contributed by atoms with van der Waals surface area (Å²) in [5.41, 5.74) is 0. The lowest BCUT2D eigenvalue weighted by atomic mass is 9.91. The molecule has 1 amide bonds. The van der Waals surface area contributed by atoms with Gasteiger partial charge in [0, 0.05) is 57.9 Å². The summed E-state index contributed by atoms with van der Waals surface area (Å²) in [6.07, 6.45) is 22.2. The average Bonchev–Trinajstić information content (AvgIpc) is 3.04. The van der Waals surface area contributed by atoms with Crippen LogP contribution in [0, 0.1) is 5.92 Å². The van der Waals surface area contributed by atoms with Crippen LogP contribution in [0.25, 0.3) is 0 Å². The van der Waals surface area contributed by atoms with E-state index in [1.165, 1.54) is 44.9 Å². The molecule has 0 spiro atoms. The lowest BCUT2D eigenvalue weighted by Crippen LogP contribution is -2.45. The minimum atomic E-state index is -0.148. The normalized spacial score (nSPS) is 13.3. The molecule has 276 valence electrons. The number of nitrogens with one attached hydrogen (secondary N) is 1. The van der Waals surface area contributed by atoms with Crippen molar-refractivity contribution in [3.63, 3.8) is 0 Å². The van der Waals surface area contributed by atoms with Crippen LogP contribution in [0.15, 0.2) is 0 Å². The number of esters is 2. The second-order valence-electron chi connectivity index (χ2n) is 13.7. The van der Waals surface area contributed by atoms with Gasteiger partial charge in [-0.05, 0) is 64.5 Å². The first-order valence-corrected chi connectivity index (χ1v) is 19.5. The van der Waals surface area contributed by atoms with E-state index in [2.05, 4.69) is 29.0 Å². The number of ether oxygens (including phenoxy) is 2. The highest BCUT2D eigenvalue weighted by Crippen LogP contribution is 2.25. The quantitative estimate of drug-likeness (QED) is 0.0567. The fraction of sp³-hybridized carbons (Fsp3) is 0.921. The number of rotatable bonds is 33. The summed E-state index contributed by atoms with van der Waals surface area (Å²) in [5, 5.41) is 12.4. The van der Waals surface area contributed by atoms with E-state index < -0.39 is 0 Å². The molecule has 0 aromatic rings. The first kappa shape index (κ1) is 43.3. The Balaban J connectivity index is 2.50. The summed E-state index contributed by atoms with van der Waals surface area (Å²) < 4.78 is 11.3. The van der Waals surface area contributed by atoms with Crippen molar-refractivity contribution in [3.8, 4) is 0 Å². The largest absolute Gasteiger partial charge is 0.465 e. The molecule has 0 bridgehead atoms. The molecule has 0 atom stereocenters. The van der Waals surface area contributed by atoms with E-state index in [1.54, 1.807) is 7.05 Å². The van der Waals surface area contributed by atoms with E-state index in [9.17, 15) is 19.5 Å². The van der Waals surface area contributed by atoms with Crippen LogP contribution in [-0.2, 0) is 23.9 Å². The Kier molecular flexibility index (Phi) is 28.0. The van der Waals surface area contributed by atoms with Crippen molar-refractivity contribution in [2.45, 2.75) is 161 Å². The van der Waals surface area contributed by atoms with Crippen LogP contribution < -0.4 is 5.32 Å². The molecule has 0 unspecified atom stereocenters. The van der Waals surface area contributed by atoms with E-state index in [0.29, 0.717) is 45.1 Å². The van der Waals surface area contributed by atoms with Crippen LogP contribution in [0.1, 0.15) is 155 Å².